The van der Waals surface area contributed by atoms with Crippen molar-refractivity contribution in [3.05, 3.63) is 287 Å². The minimum Gasteiger partial charge on any atom is -0.368 e. The summed E-state index contributed by atoms with van der Waals surface area (Å²) < 4.78 is 0. The molecule has 1 heterocycles. The molecular weight excluding hydrogens is 1830 g/mol. The summed E-state index contributed by atoms with van der Waals surface area (Å²) >= 11 is 0. The van der Waals surface area contributed by atoms with E-state index in [4.69, 9.17) is 34.4 Å². The number of aromatic nitrogens is 1. The van der Waals surface area contributed by atoms with Crippen LogP contribution in [0.2, 0.25) is 0 Å². The van der Waals surface area contributed by atoms with Gasteiger partial charge in [0, 0.05) is 49.8 Å². The Morgan fingerprint density at radius 1 is 0.248 bits per heavy atom. The third-order valence-electron chi connectivity index (χ3n) is 27.0. The van der Waals surface area contributed by atoms with Gasteiger partial charge in [-0.1, -0.05) is 231 Å². The first-order chi connectivity index (χ1) is 70.0. The van der Waals surface area contributed by atoms with Crippen molar-refractivity contribution in [3.63, 3.8) is 0 Å². The summed E-state index contributed by atoms with van der Waals surface area (Å²) in [5.74, 6) is -8.03. The Balaban J connectivity index is 1.01. The molecule has 0 aliphatic carbocycles. The number of carbonyl (C=O) groups excluding carboxylic acids is 13. The summed E-state index contributed by atoms with van der Waals surface area (Å²) in [6.45, 7) is 7.73. The van der Waals surface area contributed by atoms with Crippen molar-refractivity contribution < 1.29 is 62.3 Å². The largest absolute Gasteiger partial charge is 0.368 e. The van der Waals surface area contributed by atoms with E-state index in [-0.39, 0.29) is 58.3 Å². The summed E-state index contributed by atoms with van der Waals surface area (Å²) in [4.78, 5) is 219. The van der Waals surface area contributed by atoms with Crippen molar-refractivity contribution >= 4 is 87.7 Å². The predicted molar refractivity (Wildman–Crippen MR) is 564 cm³/mol. The Morgan fingerprint density at radius 3 is 0.690 bits per heavy atom. The maximum absolute atomic E-state index is 16.2. The zero-order valence-electron chi connectivity index (χ0n) is 85.5. The van der Waals surface area contributed by atoms with E-state index in [2.05, 4.69) is 10.3 Å². The summed E-state index contributed by atoms with van der Waals surface area (Å²) in [5, 5.41) is 4.39. The minimum absolute atomic E-state index is 0.0372. The lowest BCUT2D eigenvalue weighted by atomic mass is 10.0. The Morgan fingerprint density at radius 2 is 0.448 bits per heavy atom. The first kappa shape index (κ1) is 115. The summed E-state index contributed by atoms with van der Waals surface area (Å²) in [6.07, 6.45) is 6.87. The number of benzene rings is 8. The maximum atomic E-state index is 16.2. The molecule has 7 atom stereocenters. The van der Waals surface area contributed by atoms with Crippen LogP contribution in [0.15, 0.2) is 243 Å². The minimum atomic E-state index is -0.877. The summed E-state index contributed by atoms with van der Waals surface area (Å²) in [5.41, 5.74) is 42.4. The number of hydrogen-bond acceptors (Lipinski definition) is 19. The number of carbonyl (C=O) groups is 13. The van der Waals surface area contributed by atoms with E-state index in [0.717, 1.165) is 22.0 Å². The number of aromatic amines is 1. The molecular formula is C112H152N20O13. The third kappa shape index (κ3) is 35.3. The molecule has 0 unspecified atom stereocenters. The highest BCUT2D eigenvalue weighted by molar-refractivity contribution is 5.96. The van der Waals surface area contributed by atoms with Gasteiger partial charge in [0.25, 0.3) is 0 Å². The molecule has 1 aromatic heterocycles. The molecule has 9 aromatic rings. The average molecular weight is 1990 g/mol. The van der Waals surface area contributed by atoms with Gasteiger partial charge in [0.2, 0.25) is 76.8 Å². The monoisotopic (exact) mass is 1990 g/mol. The molecule has 33 nitrogen and oxygen atoms in total. The van der Waals surface area contributed by atoms with Crippen LogP contribution in [-0.2, 0) is 68.7 Å². The highest BCUT2D eigenvalue weighted by atomic mass is 16.2. The lowest BCUT2D eigenvalue weighted by Crippen LogP contribution is -2.54. The molecule has 13 amide bonds. The van der Waals surface area contributed by atoms with Gasteiger partial charge in [-0.25, -0.2) is 0 Å². The molecule has 33 heteroatoms. The average Bonchev–Trinajstić information content (AvgIpc) is 1.45. The smallest absolute Gasteiger partial charge is 0.243 e. The first-order valence-corrected chi connectivity index (χ1v) is 50.8. The number of para-hydroxylation sites is 1. The molecule has 0 saturated carbocycles. The van der Waals surface area contributed by atoms with Crippen LogP contribution in [0.4, 0.5) is 0 Å². The zero-order chi connectivity index (χ0) is 105. The van der Waals surface area contributed by atoms with E-state index >= 15 is 47.9 Å². The highest BCUT2D eigenvalue weighted by Crippen LogP contribution is 2.32. The topological polar surface area (TPSA) is 445 Å². The van der Waals surface area contributed by atoms with E-state index in [1.165, 1.54) is 58.8 Å². The molecule has 0 fully saturated rings. The number of fused-ring (bicyclic) bond motifs is 1. The van der Waals surface area contributed by atoms with Crippen LogP contribution >= 0.6 is 0 Å². The number of nitrogens with one attached hydrogen (secondary N) is 2. The van der Waals surface area contributed by atoms with Gasteiger partial charge >= 0.3 is 0 Å². The maximum Gasteiger partial charge on any atom is 0.243 e. The number of primary amides is 1. The molecule has 14 N–H and O–H groups in total. The van der Waals surface area contributed by atoms with Crippen molar-refractivity contribution in [3.8, 4) is 0 Å². The molecule has 778 valence electrons. The molecule has 0 aliphatic heterocycles. The Kier molecular flexibility index (Phi) is 48.0. The molecule has 145 heavy (non-hydrogen) atoms. The first-order valence-electron chi connectivity index (χ1n) is 50.8. The van der Waals surface area contributed by atoms with Gasteiger partial charge < -0.3 is 104 Å². The number of amides is 13. The number of H-pyrrole nitrogens is 1. The molecule has 8 aromatic carbocycles. The molecule has 0 saturated heterocycles. The lowest BCUT2D eigenvalue weighted by Gasteiger charge is -2.38. The van der Waals surface area contributed by atoms with E-state index in [1.807, 2.05) is 134 Å². The van der Waals surface area contributed by atoms with Crippen molar-refractivity contribution in [2.75, 3.05) is 157 Å². The van der Waals surface area contributed by atoms with Gasteiger partial charge in [0.1, 0.15) is 45.8 Å². The number of rotatable bonds is 63. The molecule has 0 bridgehead atoms. The quantitative estimate of drug-likeness (QED) is 0.0164. The zero-order valence-corrected chi connectivity index (χ0v) is 85.5. The van der Waals surface area contributed by atoms with Crippen molar-refractivity contribution in [2.45, 2.75) is 161 Å². The third-order valence-corrected chi connectivity index (χ3v) is 27.0. The Hall–Kier alpha value is -13.8. The highest BCUT2D eigenvalue weighted by Gasteiger charge is 2.40. The van der Waals surface area contributed by atoms with E-state index in [0.29, 0.717) is 130 Å². The van der Waals surface area contributed by atoms with Crippen LogP contribution in [0.3, 0.4) is 0 Å². The van der Waals surface area contributed by atoms with Crippen molar-refractivity contribution in [1.82, 2.24) is 69.1 Å². The van der Waals surface area contributed by atoms with Gasteiger partial charge in [-0.15, -0.1) is 0 Å². The summed E-state index contributed by atoms with van der Waals surface area (Å²) in [6, 6.07) is 65.9. The van der Waals surface area contributed by atoms with Gasteiger partial charge in [0.05, 0.1) is 81.6 Å². The van der Waals surface area contributed by atoms with E-state index < -0.39 is 192 Å². The number of nitrogens with two attached hydrogens (primary N) is 6. The van der Waals surface area contributed by atoms with Gasteiger partial charge in [0.15, 0.2) is 0 Å². The Bertz CT molecular complexity index is 5500. The second kappa shape index (κ2) is 60.7. The second-order valence-electron chi connectivity index (χ2n) is 37.1. The van der Waals surface area contributed by atoms with Crippen molar-refractivity contribution in [1.29, 1.82) is 0 Å². The van der Waals surface area contributed by atoms with Gasteiger partial charge in [-0.05, 0) is 209 Å². The second-order valence-corrected chi connectivity index (χ2v) is 37.1. The normalized spacial score (nSPS) is 12.6. The Labute approximate surface area is 854 Å². The number of nitrogens with zero attached hydrogens (tertiary/aromatic N) is 12. The SMILES string of the molecule is C[C@@H](c1ccccc1)N(CC(=O)N(CCCCN)CC(=O)N(CC(=O)N(CC(=O)N(CCCCN)CC(=O)N(CC(=O)N(CC(=O)N(CCCCN)CC(=O)N(CC(=O)N(CC(=O)N(CCCCN)CC(=O)N(CCCCN)CC(N)=O)[C@@H](C)c1ccccc1)[C@@H](C)c1ccccc1)[C@@H](C)c1ccccc1)[C@@H](C)c1ccccc1)[C@@H](C)c1ccccc1)[C@@H](C)c1ccccc1)C(=O)CNCCc1c[nH]c2ccccc12. The molecule has 0 radical (unpaired) electrons. The standard InChI is InChI=1S/C112H152N20O13/c1-83(90-41-15-8-16-42-90)126(101(134)70-119-63-57-97-69-120-99-56-30-29-55-98(97)99)76-103(136)123(66-38-33-60-115)73-107(140)130(87(5)94-49-23-12-24-50-94)81-111(144)128(85(3)92-45-19-10-20-46-92)78-105(138)125(68-40-35-62-117)75-109(142)132(89(7)96-53-27-14-28-54-96)82-112(145)129(86(4)93-47-21-11-22-48-93)79-106(139)124(67-39-34-61-116)74-108(141)131(88(6)95-51-25-13-26-52-95)80-110(143)127(84(2)91-43-17-9-18-44-91)77-104(137)122(65-37-32-59-114)72-102(135)121(71-100(118)133)64-36-31-58-113/h8-30,41-56,69,83-89,119-120H,31-40,57-68,70-82,113-117H2,1-7H3,(H2,118,133)/t83-,84-,85-,86-,87-,88-,89-/m0/s1. The van der Waals surface area contributed by atoms with Crippen LogP contribution in [0.5, 0.6) is 0 Å². The van der Waals surface area contributed by atoms with Crippen LogP contribution in [0.1, 0.15) is 199 Å². The van der Waals surface area contributed by atoms with E-state index in [1.54, 1.807) is 157 Å². The van der Waals surface area contributed by atoms with Crippen molar-refractivity contribution in [2.24, 2.45) is 34.4 Å². The lowest BCUT2D eigenvalue weighted by molar-refractivity contribution is -0.152. The van der Waals surface area contributed by atoms with E-state index in [9.17, 15) is 14.4 Å². The number of hydrogen-bond donors (Lipinski definition) is 8. The van der Waals surface area contributed by atoms with Crippen LogP contribution in [0.25, 0.3) is 10.9 Å². The fourth-order valence-electron chi connectivity index (χ4n) is 17.9. The van der Waals surface area contributed by atoms with Crippen LogP contribution < -0.4 is 39.7 Å². The fourth-order valence-corrected chi connectivity index (χ4v) is 17.9. The fraction of sp³-hybridized carbons (Fsp3) is 0.438. The van der Waals surface area contributed by atoms with Crippen LogP contribution in [-0.4, -0.2) is 298 Å². The molecule has 0 spiro atoms. The number of unbranched alkanes of at least 4 members (excludes halogenated alkanes) is 5. The van der Waals surface area contributed by atoms with Crippen LogP contribution in [0, 0.1) is 0 Å². The van der Waals surface area contributed by atoms with Gasteiger partial charge in [-0.2, -0.15) is 0 Å². The van der Waals surface area contributed by atoms with Gasteiger partial charge in [-0.3, -0.25) is 62.3 Å². The summed E-state index contributed by atoms with van der Waals surface area (Å²) in [7, 11) is 0. The molecule has 0 aliphatic rings. The molecule has 9 rings (SSSR count). The predicted octanol–water partition coefficient (Wildman–Crippen LogP) is 9.75.